The van der Waals surface area contributed by atoms with Crippen LogP contribution in [0.25, 0.3) is 0 Å². The molecule has 140 valence electrons. The first-order valence-corrected chi connectivity index (χ1v) is 9.53. The minimum absolute atomic E-state index is 0.182. The number of amides is 2. The van der Waals surface area contributed by atoms with E-state index < -0.39 is 0 Å². The first-order valence-electron chi connectivity index (χ1n) is 9.15. The van der Waals surface area contributed by atoms with Gasteiger partial charge in [0.25, 0.3) is 0 Å². The molecule has 0 unspecified atom stereocenters. The van der Waals surface area contributed by atoms with Gasteiger partial charge in [0.05, 0.1) is 11.8 Å². The van der Waals surface area contributed by atoms with Gasteiger partial charge in [0.2, 0.25) is 0 Å². The maximum atomic E-state index is 13.0. The van der Waals surface area contributed by atoms with Gasteiger partial charge in [-0.2, -0.15) is 5.10 Å². The lowest BCUT2D eigenvalue weighted by molar-refractivity contribution is 0.200. The van der Waals surface area contributed by atoms with E-state index in [0.29, 0.717) is 11.4 Å². The monoisotopic (exact) mass is 389 g/mol. The molecule has 3 aromatic rings. The highest BCUT2D eigenvalue weighted by molar-refractivity contribution is 6.30. The van der Waals surface area contributed by atoms with E-state index in [1.54, 1.807) is 0 Å². The van der Waals surface area contributed by atoms with Crippen LogP contribution in [-0.2, 0) is 0 Å². The number of carbonyl (C=O) groups excluding carboxylic acids is 1. The number of nitrogens with zero attached hydrogens (tertiary/aromatic N) is 2. The zero-order valence-corrected chi connectivity index (χ0v) is 16.2. The molecule has 0 aromatic heterocycles. The molecule has 5 heteroatoms. The number of benzene rings is 3. The second kappa shape index (κ2) is 7.87. The first-order chi connectivity index (χ1) is 13.6. The second-order valence-corrected chi connectivity index (χ2v) is 7.26. The Morgan fingerprint density at radius 2 is 1.68 bits per heavy atom. The van der Waals surface area contributed by atoms with Crippen LogP contribution >= 0.6 is 11.6 Å². The Morgan fingerprint density at radius 3 is 2.36 bits per heavy atom. The van der Waals surface area contributed by atoms with Crippen LogP contribution in [0.15, 0.2) is 84.0 Å². The molecule has 0 radical (unpaired) electrons. The molecular formula is C23H20ClN3O. The Bertz CT molecular complexity index is 998. The number of hydrogen-bond donors (Lipinski definition) is 1. The number of aryl methyl sites for hydroxylation is 1. The summed E-state index contributed by atoms with van der Waals surface area (Å²) in [5, 5.41) is 9.81. The molecule has 1 aliphatic rings. The summed E-state index contributed by atoms with van der Waals surface area (Å²) < 4.78 is 0. The maximum Gasteiger partial charge on any atom is 0.342 e. The van der Waals surface area contributed by atoms with E-state index in [0.717, 1.165) is 28.1 Å². The summed E-state index contributed by atoms with van der Waals surface area (Å²) in [4.78, 5) is 13.0. The molecule has 0 saturated carbocycles. The summed E-state index contributed by atoms with van der Waals surface area (Å²) in [6, 6.07) is 24.8. The molecule has 1 aliphatic heterocycles. The molecular weight excluding hydrogens is 370 g/mol. The van der Waals surface area contributed by atoms with Gasteiger partial charge in [0.1, 0.15) is 0 Å². The summed E-state index contributed by atoms with van der Waals surface area (Å²) in [5.74, 6) is 0. The number of hydrogen-bond acceptors (Lipinski definition) is 2. The predicted octanol–water partition coefficient (Wildman–Crippen LogP) is 6.03. The van der Waals surface area contributed by atoms with Gasteiger partial charge in [-0.3, -0.25) is 0 Å². The third-order valence-corrected chi connectivity index (χ3v) is 5.04. The molecule has 0 bridgehead atoms. The van der Waals surface area contributed by atoms with E-state index >= 15 is 0 Å². The van der Waals surface area contributed by atoms with Crippen LogP contribution in [-0.4, -0.2) is 16.8 Å². The Hall–Kier alpha value is -3.11. The molecule has 1 heterocycles. The molecule has 1 atom stereocenters. The number of carbonyl (C=O) groups is 1. The lowest BCUT2D eigenvalue weighted by atomic mass is 9.98. The van der Waals surface area contributed by atoms with Crippen molar-refractivity contribution < 1.29 is 4.79 Å². The van der Waals surface area contributed by atoms with Crippen molar-refractivity contribution in [3.05, 3.63) is 101 Å². The average molecular weight is 390 g/mol. The minimum Gasteiger partial charge on any atom is -0.306 e. The van der Waals surface area contributed by atoms with Crippen LogP contribution in [0.4, 0.5) is 10.5 Å². The van der Waals surface area contributed by atoms with Crippen LogP contribution in [0.5, 0.6) is 0 Å². The van der Waals surface area contributed by atoms with Gasteiger partial charge in [-0.15, -0.1) is 0 Å². The highest BCUT2D eigenvalue weighted by Crippen LogP contribution is 2.33. The van der Waals surface area contributed by atoms with Gasteiger partial charge >= 0.3 is 6.03 Å². The third-order valence-electron chi connectivity index (χ3n) is 4.78. The fourth-order valence-corrected chi connectivity index (χ4v) is 3.39. The molecule has 4 nitrogen and oxygen atoms in total. The maximum absolute atomic E-state index is 13.0. The van der Waals surface area contributed by atoms with Crippen molar-refractivity contribution in [3.63, 3.8) is 0 Å². The van der Waals surface area contributed by atoms with E-state index in [1.165, 1.54) is 5.01 Å². The molecule has 3 aromatic carbocycles. The first kappa shape index (κ1) is 18.3. The highest BCUT2D eigenvalue weighted by atomic mass is 35.5. The molecule has 0 saturated heterocycles. The Balaban J connectivity index is 1.64. The van der Waals surface area contributed by atoms with Crippen molar-refractivity contribution in [3.8, 4) is 0 Å². The van der Waals surface area contributed by atoms with E-state index in [1.807, 2.05) is 85.8 Å². The normalized spacial score (nSPS) is 16.0. The topological polar surface area (TPSA) is 44.7 Å². The zero-order chi connectivity index (χ0) is 19.5. The zero-order valence-electron chi connectivity index (χ0n) is 15.5. The van der Waals surface area contributed by atoms with Gasteiger partial charge < -0.3 is 5.32 Å². The van der Waals surface area contributed by atoms with Gasteiger partial charge in [-0.1, -0.05) is 71.8 Å². The second-order valence-electron chi connectivity index (χ2n) is 6.82. The smallest absolute Gasteiger partial charge is 0.306 e. The standard InChI is InChI=1S/C23H20ClN3O/c1-16-7-13-20(14-8-16)25-23(28)27-22(18-9-11-19(24)12-10-18)15-21(26-27)17-5-3-2-4-6-17/h2-14,22H,15H2,1H3,(H,25,28)/t22-/m0/s1. The Morgan fingerprint density at radius 1 is 1.00 bits per heavy atom. The van der Waals surface area contributed by atoms with Crippen molar-refractivity contribution in [2.45, 2.75) is 19.4 Å². The van der Waals surface area contributed by atoms with Crippen molar-refractivity contribution in [1.82, 2.24) is 5.01 Å². The van der Waals surface area contributed by atoms with Crippen molar-refractivity contribution in [2.24, 2.45) is 5.10 Å². The summed E-state index contributed by atoms with van der Waals surface area (Å²) in [6.07, 6.45) is 0.646. The minimum atomic E-state index is -0.255. The third kappa shape index (κ3) is 3.92. The fraction of sp³-hybridized carbons (Fsp3) is 0.130. The number of hydrazone groups is 1. The van der Waals surface area contributed by atoms with Crippen molar-refractivity contribution in [2.75, 3.05) is 5.32 Å². The van der Waals surface area contributed by atoms with Crippen molar-refractivity contribution >= 4 is 29.0 Å². The molecule has 4 rings (SSSR count). The van der Waals surface area contributed by atoms with Crippen LogP contribution in [0.1, 0.15) is 29.2 Å². The number of rotatable bonds is 3. The van der Waals surface area contributed by atoms with E-state index in [4.69, 9.17) is 11.6 Å². The molecule has 2 amide bonds. The quantitative estimate of drug-likeness (QED) is 0.583. The number of urea groups is 1. The van der Waals surface area contributed by atoms with E-state index in [-0.39, 0.29) is 12.1 Å². The average Bonchev–Trinajstić information content (AvgIpc) is 3.17. The van der Waals surface area contributed by atoms with E-state index in [9.17, 15) is 4.79 Å². The van der Waals surface area contributed by atoms with E-state index in [2.05, 4.69) is 10.4 Å². The SMILES string of the molecule is Cc1ccc(NC(=O)N2N=C(c3ccccc3)C[C@H]2c2ccc(Cl)cc2)cc1. The van der Waals surface area contributed by atoms with Gasteiger partial charge in [-0.05, 0) is 42.3 Å². The van der Waals surface area contributed by atoms with Gasteiger partial charge in [-0.25, -0.2) is 9.80 Å². The molecule has 0 spiro atoms. The molecule has 28 heavy (non-hydrogen) atoms. The molecule has 0 fully saturated rings. The van der Waals surface area contributed by atoms with Crippen molar-refractivity contribution in [1.29, 1.82) is 0 Å². The molecule has 0 aliphatic carbocycles. The summed E-state index contributed by atoms with van der Waals surface area (Å²) >= 11 is 6.04. The Labute approximate surface area is 169 Å². The van der Waals surface area contributed by atoms with Crippen LogP contribution in [0.3, 0.4) is 0 Å². The largest absolute Gasteiger partial charge is 0.342 e. The Kier molecular flexibility index (Phi) is 5.13. The lowest BCUT2D eigenvalue weighted by Gasteiger charge is -2.22. The van der Waals surface area contributed by atoms with Crippen LogP contribution < -0.4 is 5.32 Å². The molecule has 1 N–H and O–H groups in total. The van der Waals surface area contributed by atoms with Gasteiger partial charge in [0, 0.05) is 17.1 Å². The lowest BCUT2D eigenvalue weighted by Crippen LogP contribution is -2.31. The summed E-state index contributed by atoms with van der Waals surface area (Å²) in [6.45, 7) is 2.01. The summed E-state index contributed by atoms with van der Waals surface area (Å²) in [7, 11) is 0. The number of anilines is 1. The number of nitrogens with one attached hydrogen (secondary N) is 1. The predicted molar refractivity (Wildman–Crippen MR) is 114 cm³/mol. The number of halogens is 1. The fourth-order valence-electron chi connectivity index (χ4n) is 3.26. The summed E-state index contributed by atoms with van der Waals surface area (Å²) in [5.41, 5.74) is 4.79. The van der Waals surface area contributed by atoms with Crippen LogP contribution in [0, 0.1) is 6.92 Å². The highest BCUT2D eigenvalue weighted by Gasteiger charge is 2.33. The van der Waals surface area contributed by atoms with Crippen LogP contribution in [0.2, 0.25) is 5.02 Å². The van der Waals surface area contributed by atoms with Gasteiger partial charge in [0.15, 0.2) is 0 Å².